The maximum Gasteiger partial charge on any atom is 0.256 e. The molecule has 0 radical (unpaired) electrons. The van der Waals surface area contributed by atoms with Gasteiger partial charge in [-0.25, -0.2) is 4.98 Å². The number of nitrogens with zero attached hydrogens (tertiary/aromatic N) is 2. The van der Waals surface area contributed by atoms with Crippen molar-refractivity contribution in [3.63, 3.8) is 0 Å². The van der Waals surface area contributed by atoms with Crippen LogP contribution in [0.4, 0.5) is 0 Å². The zero-order chi connectivity index (χ0) is 17.9. The standard InChI is InChI=1S/C22H15ClN2O/c23-18-13-11-17(12-14-18)22-24-19-8-4-5-9-20(19)25(22)21(26)15-10-16-6-2-1-3-7-16/h1-15H/b15-10+. The number of rotatable bonds is 3. The molecule has 3 nitrogen and oxygen atoms in total. The number of halogens is 1. The summed E-state index contributed by atoms with van der Waals surface area (Å²) < 4.78 is 1.64. The van der Waals surface area contributed by atoms with Crippen molar-refractivity contribution in [2.75, 3.05) is 0 Å². The lowest BCUT2D eigenvalue weighted by atomic mass is 10.2. The van der Waals surface area contributed by atoms with E-state index in [1.54, 1.807) is 22.8 Å². The van der Waals surface area contributed by atoms with Gasteiger partial charge in [0.05, 0.1) is 11.0 Å². The van der Waals surface area contributed by atoms with Crippen molar-refractivity contribution in [2.24, 2.45) is 0 Å². The quantitative estimate of drug-likeness (QED) is 0.439. The van der Waals surface area contributed by atoms with Crippen molar-refractivity contribution in [3.05, 3.63) is 95.5 Å². The van der Waals surface area contributed by atoms with Gasteiger partial charge >= 0.3 is 0 Å². The minimum atomic E-state index is -0.146. The molecule has 0 saturated heterocycles. The van der Waals surface area contributed by atoms with E-state index in [-0.39, 0.29) is 5.91 Å². The summed E-state index contributed by atoms with van der Waals surface area (Å²) in [5, 5.41) is 0.645. The fourth-order valence-corrected chi connectivity index (χ4v) is 2.97. The lowest BCUT2D eigenvalue weighted by Crippen LogP contribution is -2.09. The smallest absolute Gasteiger partial charge is 0.256 e. The van der Waals surface area contributed by atoms with Gasteiger partial charge in [-0.3, -0.25) is 9.36 Å². The molecular formula is C22H15ClN2O. The van der Waals surface area contributed by atoms with E-state index in [0.29, 0.717) is 10.8 Å². The normalized spacial score (nSPS) is 11.3. The molecule has 0 atom stereocenters. The van der Waals surface area contributed by atoms with Crippen LogP contribution in [0.25, 0.3) is 28.5 Å². The molecule has 3 aromatic carbocycles. The fraction of sp³-hybridized carbons (Fsp3) is 0. The number of hydrogen-bond acceptors (Lipinski definition) is 2. The number of fused-ring (bicyclic) bond motifs is 1. The maximum atomic E-state index is 13.0. The summed E-state index contributed by atoms with van der Waals surface area (Å²) in [5.41, 5.74) is 3.37. The summed E-state index contributed by atoms with van der Waals surface area (Å²) in [5.74, 6) is 0.457. The van der Waals surface area contributed by atoms with Crippen LogP contribution in [0.3, 0.4) is 0 Å². The van der Waals surface area contributed by atoms with Gasteiger partial charge in [0.15, 0.2) is 0 Å². The third-order valence-electron chi connectivity index (χ3n) is 4.10. The number of carbonyl (C=O) groups excluding carboxylic acids is 1. The van der Waals surface area contributed by atoms with E-state index < -0.39 is 0 Å². The van der Waals surface area contributed by atoms with Crippen molar-refractivity contribution in [3.8, 4) is 11.4 Å². The minimum absolute atomic E-state index is 0.146. The average Bonchev–Trinajstić information content (AvgIpc) is 3.07. The summed E-state index contributed by atoms with van der Waals surface area (Å²) in [4.78, 5) is 17.6. The van der Waals surface area contributed by atoms with E-state index in [1.165, 1.54) is 0 Å². The number of para-hydroxylation sites is 2. The summed E-state index contributed by atoms with van der Waals surface area (Å²) in [7, 11) is 0. The first-order valence-electron chi connectivity index (χ1n) is 8.23. The van der Waals surface area contributed by atoms with Crippen LogP contribution < -0.4 is 0 Å². The van der Waals surface area contributed by atoms with Gasteiger partial charge in [0.1, 0.15) is 5.82 Å². The molecule has 0 fully saturated rings. The molecule has 126 valence electrons. The van der Waals surface area contributed by atoms with Crippen LogP contribution in [0.2, 0.25) is 5.02 Å². The Morgan fingerprint density at radius 2 is 1.58 bits per heavy atom. The van der Waals surface area contributed by atoms with Gasteiger partial charge in [-0.2, -0.15) is 0 Å². The molecule has 1 aromatic heterocycles. The Morgan fingerprint density at radius 3 is 2.35 bits per heavy atom. The third kappa shape index (κ3) is 3.17. The predicted molar refractivity (Wildman–Crippen MR) is 106 cm³/mol. The zero-order valence-corrected chi connectivity index (χ0v) is 14.6. The van der Waals surface area contributed by atoms with Crippen LogP contribution in [0.5, 0.6) is 0 Å². The molecule has 0 aliphatic heterocycles. The highest BCUT2D eigenvalue weighted by Gasteiger charge is 2.16. The molecule has 0 aliphatic rings. The second-order valence-corrected chi connectivity index (χ2v) is 6.29. The van der Waals surface area contributed by atoms with E-state index in [4.69, 9.17) is 11.6 Å². The van der Waals surface area contributed by atoms with Crippen LogP contribution in [-0.4, -0.2) is 15.5 Å². The van der Waals surface area contributed by atoms with Crippen LogP contribution >= 0.6 is 11.6 Å². The molecule has 26 heavy (non-hydrogen) atoms. The van der Waals surface area contributed by atoms with Crippen LogP contribution in [0.15, 0.2) is 84.9 Å². The number of hydrogen-bond donors (Lipinski definition) is 0. The Kier molecular flexibility index (Phi) is 4.38. The summed E-state index contributed by atoms with van der Waals surface area (Å²) in [6, 6.07) is 24.7. The molecule has 0 N–H and O–H groups in total. The van der Waals surface area contributed by atoms with E-state index in [0.717, 1.165) is 22.2 Å². The second kappa shape index (κ2) is 6.98. The van der Waals surface area contributed by atoms with Crippen molar-refractivity contribution in [1.82, 2.24) is 9.55 Å². The van der Waals surface area contributed by atoms with E-state index in [9.17, 15) is 4.79 Å². The number of aromatic nitrogens is 2. The fourth-order valence-electron chi connectivity index (χ4n) is 2.85. The number of imidazole rings is 1. The molecule has 0 spiro atoms. The Morgan fingerprint density at radius 1 is 0.885 bits per heavy atom. The predicted octanol–water partition coefficient (Wildman–Crippen LogP) is 5.71. The Labute approximate surface area is 156 Å². The largest absolute Gasteiger partial charge is 0.269 e. The first-order chi connectivity index (χ1) is 12.7. The first-order valence-corrected chi connectivity index (χ1v) is 8.61. The number of benzene rings is 3. The van der Waals surface area contributed by atoms with Crippen molar-refractivity contribution < 1.29 is 4.79 Å². The van der Waals surface area contributed by atoms with Gasteiger partial charge in [0.2, 0.25) is 0 Å². The lowest BCUT2D eigenvalue weighted by molar-refractivity contribution is 0.0976. The highest BCUT2D eigenvalue weighted by Crippen LogP contribution is 2.26. The van der Waals surface area contributed by atoms with E-state index >= 15 is 0 Å². The van der Waals surface area contributed by atoms with Gasteiger partial charge in [-0.05, 0) is 48.0 Å². The second-order valence-electron chi connectivity index (χ2n) is 5.85. The molecule has 4 aromatic rings. The SMILES string of the molecule is O=C(/C=C/c1ccccc1)n1c(-c2ccc(Cl)cc2)nc2ccccc21. The molecule has 0 amide bonds. The highest BCUT2D eigenvalue weighted by atomic mass is 35.5. The Bertz CT molecular complexity index is 1100. The van der Waals surface area contributed by atoms with Crippen LogP contribution in [0.1, 0.15) is 10.4 Å². The molecule has 0 unspecified atom stereocenters. The number of allylic oxidation sites excluding steroid dienone is 1. The van der Waals surface area contributed by atoms with Crippen LogP contribution in [-0.2, 0) is 0 Å². The lowest BCUT2D eigenvalue weighted by Gasteiger charge is -2.05. The molecule has 1 heterocycles. The van der Waals surface area contributed by atoms with Gasteiger partial charge < -0.3 is 0 Å². The highest BCUT2D eigenvalue weighted by molar-refractivity contribution is 6.30. The maximum absolute atomic E-state index is 13.0. The van der Waals surface area contributed by atoms with E-state index in [2.05, 4.69) is 4.98 Å². The monoisotopic (exact) mass is 358 g/mol. The molecule has 0 aliphatic carbocycles. The van der Waals surface area contributed by atoms with Gasteiger partial charge in [0, 0.05) is 16.7 Å². The topological polar surface area (TPSA) is 34.9 Å². The minimum Gasteiger partial charge on any atom is -0.269 e. The van der Waals surface area contributed by atoms with Gasteiger partial charge in [0.25, 0.3) is 5.91 Å². The summed E-state index contributed by atoms with van der Waals surface area (Å²) in [6.45, 7) is 0. The zero-order valence-electron chi connectivity index (χ0n) is 13.8. The number of carbonyl (C=O) groups is 1. The van der Waals surface area contributed by atoms with Gasteiger partial charge in [-0.15, -0.1) is 0 Å². The molecule has 4 heteroatoms. The van der Waals surface area contributed by atoms with Crippen molar-refractivity contribution >= 4 is 34.6 Å². The van der Waals surface area contributed by atoms with Crippen molar-refractivity contribution in [2.45, 2.75) is 0 Å². The van der Waals surface area contributed by atoms with Crippen LogP contribution in [0, 0.1) is 0 Å². The van der Waals surface area contributed by atoms with Crippen molar-refractivity contribution in [1.29, 1.82) is 0 Å². The molecule has 0 saturated carbocycles. The Hall–Kier alpha value is -3.17. The average molecular weight is 359 g/mol. The summed E-state index contributed by atoms with van der Waals surface area (Å²) in [6.07, 6.45) is 3.38. The molecule has 0 bridgehead atoms. The molecular weight excluding hydrogens is 344 g/mol. The summed E-state index contributed by atoms with van der Waals surface area (Å²) >= 11 is 5.99. The molecule has 4 rings (SSSR count). The third-order valence-corrected chi connectivity index (χ3v) is 4.35. The Balaban J connectivity index is 1.82. The first kappa shape index (κ1) is 16.3. The van der Waals surface area contributed by atoms with E-state index in [1.807, 2.05) is 72.8 Å². The van der Waals surface area contributed by atoms with Gasteiger partial charge in [-0.1, -0.05) is 54.1 Å².